The molecule has 1 heterocycles. The first-order valence-electron chi connectivity index (χ1n) is 8.51. The van der Waals surface area contributed by atoms with Crippen LogP contribution >= 0.6 is 15.9 Å². The lowest BCUT2D eigenvalue weighted by atomic mass is 9.82. The third-order valence-corrected chi connectivity index (χ3v) is 5.10. The van der Waals surface area contributed by atoms with E-state index in [4.69, 9.17) is 0 Å². The minimum atomic E-state index is -1.14. The number of carbonyl (C=O) groups is 2. The molecule has 2 aromatic carbocycles. The first kappa shape index (κ1) is 17.7. The predicted octanol–water partition coefficient (Wildman–Crippen LogP) is 4.05. The van der Waals surface area contributed by atoms with Crippen molar-refractivity contribution in [3.63, 3.8) is 0 Å². The summed E-state index contributed by atoms with van der Waals surface area (Å²) in [6.45, 7) is 0.444. The molecule has 1 aliphatic heterocycles. The van der Waals surface area contributed by atoms with Gasteiger partial charge in [-0.05, 0) is 24.0 Å². The Morgan fingerprint density at radius 1 is 0.840 bits per heavy atom. The second-order valence-corrected chi connectivity index (χ2v) is 6.91. The van der Waals surface area contributed by atoms with Gasteiger partial charge >= 0.3 is 6.03 Å². The average Bonchev–Trinajstić information content (AvgIpc) is 2.92. The Kier molecular flexibility index (Phi) is 5.53. The van der Waals surface area contributed by atoms with E-state index in [1.165, 1.54) is 4.90 Å². The molecule has 3 rings (SSSR count). The average molecular weight is 401 g/mol. The van der Waals surface area contributed by atoms with Crippen LogP contribution < -0.4 is 5.32 Å². The highest BCUT2D eigenvalue weighted by atomic mass is 79.9. The molecule has 2 aromatic rings. The molecule has 0 radical (unpaired) electrons. The van der Waals surface area contributed by atoms with Crippen LogP contribution in [0.25, 0.3) is 0 Å². The molecule has 5 heteroatoms. The SMILES string of the molecule is O=C1NC(c2ccccc2)(c2ccccc2)C(=O)N1CCCCCBr. The summed E-state index contributed by atoms with van der Waals surface area (Å²) >= 11 is 3.41. The van der Waals surface area contributed by atoms with Gasteiger partial charge in [0.05, 0.1) is 0 Å². The van der Waals surface area contributed by atoms with Gasteiger partial charge in [0.15, 0.2) is 5.54 Å². The highest BCUT2D eigenvalue weighted by molar-refractivity contribution is 9.09. The fourth-order valence-corrected chi connectivity index (χ4v) is 3.65. The normalized spacial score (nSPS) is 16.1. The molecule has 4 nitrogen and oxygen atoms in total. The number of amides is 3. The fourth-order valence-electron chi connectivity index (χ4n) is 3.25. The van der Waals surface area contributed by atoms with E-state index in [0.29, 0.717) is 6.54 Å². The number of nitrogens with zero attached hydrogens (tertiary/aromatic N) is 1. The molecule has 130 valence electrons. The van der Waals surface area contributed by atoms with Crippen molar-refractivity contribution < 1.29 is 9.59 Å². The van der Waals surface area contributed by atoms with Crippen molar-refractivity contribution >= 4 is 27.9 Å². The Balaban J connectivity index is 1.96. The maximum Gasteiger partial charge on any atom is 0.325 e. The van der Waals surface area contributed by atoms with Crippen molar-refractivity contribution in [3.05, 3.63) is 71.8 Å². The second kappa shape index (κ2) is 7.83. The molecular formula is C20H21BrN2O2. The van der Waals surface area contributed by atoms with Gasteiger partial charge in [-0.2, -0.15) is 0 Å². The molecule has 25 heavy (non-hydrogen) atoms. The molecule has 0 unspecified atom stereocenters. The summed E-state index contributed by atoms with van der Waals surface area (Å²) in [5, 5.41) is 3.90. The summed E-state index contributed by atoms with van der Waals surface area (Å²) in [7, 11) is 0. The highest BCUT2D eigenvalue weighted by Crippen LogP contribution is 2.36. The third-order valence-electron chi connectivity index (χ3n) is 4.53. The van der Waals surface area contributed by atoms with E-state index in [1.807, 2.05) is 60.7 Å². The van der Waals surface area contributed by atoms with Crippen molar-refractivity contribution in [3.8, 4) is 0 Å². The van der Waals surface area contributed by atoms with Gasteiger partial charge in [0, 0.05) is 11.9 Å². The van der Waals surface area contributed by atoms with Crippen molar-refractivity contribution in [1.29, 1.82) is 0 Å². The van der Waals surface area contributed by atoms with Gasteiger partial charge in [-0.25, -0.2) is 4.79 Å². The zero-order valence-electron chi connectivity index (χ0n) is 14.0. The summed E-state index contributed by atoms with van der Waals surface area (Å²) in [6, 6.07) is 18.6. The van der Waals surface area contributed by atoms with E-state index < -0.39 is 5.54 Å². The van der Waals surface area contributed by atoms with Crippen molar-refractivity contribution in [2.75, 3.05) is 11.9 Å². The molecular weight excluding hydrogens is 380 g/mol. The number of hydrogen-bond acceptors (Lipinski definition) is 2. The van der Waals surface area contributed by atoms with Gasteiger partial charge in [0.25, 0.3) is 5.91 Å². The topological polar surface area (TPSA) is 49.4 Å². The van der Waals surface area contributed by atoms with Crippen molar-refractivity contribution in [1.82, 2.24) is 10.2 Å². The Labute approximate surface area is 156 Å². The van der Waals surface area contributed by atoms with Crippen LogP contribution in [0, 0.1) is 0 Å². The highest BCUT2D eigenvalue weighted by Gasteiger charge is 2.53. The lowest BCUT2D eigenvalue weighted by molar-refractivity contribution is -0.130. The molecule has 0 saturated carbocycles. The Hall–Kier alpha value is -2.14. The molecule has 0 aliphatic carbocycles. The Morgan fingerprint density at radius 3 is 1.92 bits per heavy atom. The monoisotopic (exact) mass is 400 g/mol. The van der Waals surface area contributed by atoms with Crippen molar-refractivity contribution in [2.24, 2.45) is 0 Å². The van der Waals surface area contributed by atoms with Gasteiger partial charge in [0.2, 0.25) is 0 Å². The van der Waals surface area contributed by atoms with Gasteiger partial charge in [-0.15, -0.1) is 0 Å². The number of benzene rings is 2. The molecule has 1 fully saturated rings. The number of halogens is 1. The molecule has 3 amide bonds. The Bertz CT molecular complexity index is 694. The van der Waals surface area contributed by atoms with Gasteiger partial charge in [0.1, 0.15) is 0 Å². The zero-order chi connectivity index (χ0) is 17.7. The second-order valence-electron chi connectivity index (χ2n) is 6.12. The lowest BCUT2D eigenvalue weighted by Crippen LogP contribution is -2.45. The number of hydrogen-bond donors (Lipinski definition) is 1. The van der Waals surface area contributed by atoms with E-state index in [9.17, 15) is 9.59 Å². The molecule has 0 atom stereocenters. The fraction of sp³-hybridized carbons (Fsp3) is 0.300. The number of nitrogens with one attached hydrogen (secondary N) is 1. The van der Waals surface area contributed by atoms with E-state index in [2.05, 4.69) is 21.2 Å². The molecule has 1 aliphatic rings. The summed E-state index contributed by atoms with van der Waals surface area (Å²) < 4.78 is 0. The van der Waals surface area contributed by atoms with Gasteiger partial charge in [-0.3, -0.25) is 9.69 Å². The quantitative estimate of drug-likeness (QED) is 0.432. The number of carbonyl (C=O) groups excluding carboxylic acids is 2. The first-order chi connectivity index (χ1) is 12.2. The number of imide groups is 1. The summed E-state index contributed by atoms with van der Waals surface area (Å²) in [6.07, 6.45) is 2.82. The maximum absolute atomic E-state index is 13.3. The zero-order valence-corrected chi connectivity index (χ0v) is 15.5. The third kappa shape index (κ3) is 3.33. The van der Waals surface area contributed by atoms with Crippen molar-refractivity contribution in [2.45, 2.75) is 24.8 Å². The van der Waals surface area contributed by atoms with Crippen LogP contribution in [-0.2, 0) is 10.3 Å². The van der Waals surface area contributed by atoms with Crippen LogP contribution in [0.1, 0.15) is 30.4 Å². The molecule has 0 spiro atoms. The summed E-state index contributed by atoms with van der Waals surface area (Å²) in [4.78, 5) is 27.3. The molecule has 1 N–H and O–H groups in total. The van der Waals surface area contributed by atoms with Gasteiger partial charge < -0.3 is 5.32 Å². The van der Waals surface area contributed by atoms with Crippen LogP contribution in [0.2, 0.25) is 0 Å². The maximum atomic E-state index is 13.3. The van der Waals surface area contributed by atoms with Crippen LogP contribution in [0.3, 0.4) is 0 Å². The van der Waals surface area contributed by atoms with E-state index >= 15 is 0 Å². The van der Waals surface area contributed by atoms with Crippen LogP contribution in [0.15, 0.2) is 60.7 Å². The minimum Gasteiger partial charge on any atom is -0.315 e. The minimum absolute atomic E-state index is 0.200. The predicted molar refractivity (Wildman–Crippen MR) is 102 cm³/mol. The summed E-state index contributed by atoms with van der Waals surface area (Å²) in [5.41, 5.74) is 0.416. The molecule has 0 aromatic heterocycles. The number of urea groups is 1. The summed E-state index contributed by atoms with van der Waals surface area (Å²) in [5.74, 6) is -0.200. The standard InChI is InChI=1S/C20H21BrN2O2/c21-14-8-3-9-15-23-18(24)20(22-19(23)25,16-10-4-1-5-11-16)17-12-6-2-7-13-17/h1-2,4-7,10-13H,3,8-9,14-15H2,(H,22,25). The van der Waals surface area contributed by atoms with E-state index in [0.717, 1.165) is 35.7 Å². The Morgan fingerprint density at radius 2 is 1.40 bits per heavy atom. The number of unbranched alkanes of at least 4 members (excludes halogenated alkanes) is 2. The smallest absolute Gasteiger partial charge is 0.315 e. The number of rotatable bonds is 7. The number of alkyl halides is 1. The van der Waals surface area contributed by atoms with E-state index in [1.54, 1.807) is 0 Å². The van der Waals surface area contributed by atoms with E-state index in [-0.39, 0.29) is 11.9 Å². The van der Waals surface area contributed by atoms with Crippen LogP contribution in [-0.4, -0.2) is 28.7 Å². The van der Waals surface area contributed by atoms with Crippen LogP contribution in [0.5, 0.6) is 0 Å². The van der Waals surface area contributed by atoms with Gasteiger partial charge in [-0.1, -0.05) is 83.0 Å². The molecule has 1 saturated heterocycles. The largest absolute Gasteiger partial charge is 0.325 e. The molecule has 0 bridgehead atoms. The lowest BCUT2D eigenvalue weighted by Gasteiger charge is -2.28. The first-order valence-corrected chi connectivity index (χ1v) is 9.63. The van der Waals surface area contributed by atoms with Crippen LogP contribution in [0.4, 0.5) is 4.79 Å².